The summed E-state index contributed by atoms with van der Waals surface area (Å²) in [5.74, 6) is 3.62. The van der Waals surface area contributed by atoms with E-state index >= 15 is 0 Å². The minimum absolute atomic E-state index is 0.571. The van der Waals surface area contributed by atoms with E-state index in [4.69, 9.17) is 0 Å². The van der Waals surface area contributed by atoms with Gasteiger partial charge >= 0.3 is 0 Å². The molecule has 26 heavy (non-hydrogen) atoms. The van der Waals surface area contributed by atoms with Crippen molar-refractivity contribution in [3.63, 3.8) is 0 Å². The quantitative estimate of drug-likeness (QED) is 0.319. The van der Waals surface area contributed by atoms with E-state index in [0.717, 1.165) is 30.3 Å². The molecule has 0 atom stereocenters. The van der Waals surface area contributed by atoms with Crippen LogP contribution in [0.4, 0.5) is 8.78 Å². The standard InChI is InChI=1S/C24H42F2/c1-2-3-4-5-6-7-9-20-12-16-22(17-13-20)23-18-14-21(15-19-23)10-8-11-24(25)26/h11,20-23H,2-10,12-19H2,1H3/t20-,21-,22-,23-. The van der Waals surface area contributed by atoms with Crippen LogP contribution in [0.1, 0.15) is 116 Å². The number of hydrogen-bond acceptors (Lipinski definition) is 0. The predicted octanol–water partition coefficient (Wildman–Crippen LogP) is 8.91. The molecule has 152 valence electrons. The molecule has 0 N–H and O–H groups in total. The van der Waals surface area contributed by atoms with E-state index in [1.54, 1.807) is 0 Å². The fraction of sp³-hybridized carbons (Fsp3) is 0.917. The van der Waals surface area contributed by atoms with Crippen LogP contribution in [-0.4, -0.2) is 0 Å². The van der Waals surface area contributed by atoms with Crippen molar-refractivity contribution in [1.82, 2.24) is 0 Å². The van der Waals surface area contributed by atoms with Crippen LogP contribution in [0.25, 0.3) is 0 Å². The normalized spacial score (nSPS) is 29.5. The molecule has 2 saturated carbocycles. The summed E-state index contributed by atoms with van der Waals surface area (Å²) in [6.45, 7) is 2.29. The summed E-state index contributed by atoms with van der Waals surface area (Å²) in [4.78, 5) is 0. The van der Waals surface area contributed by atoms with E-state index < -0.39 is 6.08 Å². The van der Waals surface area contributed by atoms with E-state index in [2.05, 4.69) is 6.92 Å². The molecule has 2 aliphatic carbocycles. The lowest BCUT2D eigenvalue weighted by molar-refractivity contribution is 0.140. The molecule has 0 bridgehead atoms. The second kappa shape index (κ2) is 12.9. The molecule has 0 amide bonds. The second-order valence-electron chi connectivity index (χ2n) is 9.19. The third-order valence-electron chi connectivity index (χ3n) is 7.29. The van der Waals surface area contributed by atoms with Gasteiger partial charge in [0.1, 0.15) is 0 Å². The molecule has 0 aliphatic heterocycles. The van der Waals surface area contributed by atoms with Crippen LogP contribution in [0.15, 0.2) is 12.2 Å². The summed E-state index contributed by atoms with van der Waals surface area (Å²) < 4.78 is 24.3. The average molecular weight is 369 g/mol. The number of unbranched alkanes of at least 4 members (excludes halogenated alkanes) is 5. The zero-order chi connectivity index (χ0) is 18.6. The van der Waals surface area contributed by atoms with Crippen molar-refractivity contribution in [3.8, 4) is 0 Å². The Kier molecular flexibility index (Phi) is 10.9. The van der Waals surface area contributed by atoms with Gasteiger partial charge in [0.15, 0.2) is 0 Å². The summed E-state index contributed by atoms with van der Waals surface area (Å²) in [6.07, 6.45) is 22.3. The largest absolute Gasteiger partial charge is 0.266 e. The van der Waals surface area contributed by atoms with Crippen LogP contribution in [0, 0.1) is 23.7 Å². The first-order chi connectivity index (χ1) is 12.7. The molecular formula is C24H42F2. The van der Waals surface area contributed by atoms with Crippen LogP contribution >= 0.6 is 0 Å². The topological polar surface area (TPSA) is 0 Å². The van der Waals surface area contributed by atoms with Gasteiger partial charge in [0.05, 0.1) is 0 Å². The maximum atomic E-state index is 12.1. The molecule has 2 aliphatic rings. The first kappa shape index (κ1) is 21.9. The van der Waals surface area contributed by atoms with E-state index in [9.17, 15) is 8.78 Å². The first-order valence-electron chi connectivity index (χ1n) is 11.7. The van der Waals surface area contributed by atoms with Crippen molar-refractivity contribution in [3.05, 3.63) is 12.2 Å². The van der Waals surface area contributed by atoms with Crippen LogP contribution in [0.2, 0.25) is 0 Å². The van der Waals surface area contributed by atoms with Gasteiger partial charge in [-0.25, -0.2) is 0 Å². The van der Waals surface area contributed by atoms with Crippen molar-refractivity contribution in [2.24, 2.45) is 23.7 Å². The lowest BCUT2D eigenvalue weighted by Gasteiger charge is -2.38. The third kappa shape index (κ3) is 8.53. The maximum absolute atomic E-state index is 12.1. The fourth-order valence-corrected chi connectivity index (χ4v) is 5.54. The Balaban J connectivity index is 1.53. The molecule has 0 heterocycles. The molecular weight excluding hydrogens is 326 g/mol. The Morgan fingerprint density at radius 1 is 0.692 bits per heavy atom. The summed E-state index contributed by atoms with van der Waals surface area (Å²) in [5, 5.41) is 0. The molecule has 0 unspecified atom stereocenters. The predicted molar refractivity (Wildman–Crippen MR) is 108 cm³/mol. The molecule has 0 aromatic heterocycles. The van der Waals surface area contributed by atoms with E-state index in [-0.39, 0.29) is 0 Å². The van der Waals surface area contributed by atoms with Crippen LogP contribution in [-0.2, 0) is 0 Å². The lowest BCUT2D eigenvalue weighted by atomic mass is 9.68. The van der Waals surface area contributed by atoms with Crippen molar-refractivity contribution in [2.45, 2.75) is 116 Å². The SMILES string of the molecule is CCCCCCCC[C@H]1CC[C@H]([C@H]2CC[C@H](CCC=C(F)F)CC2)CC1. The third-order valence-corrected chi connectivity index (χ3v) is 7.29. The lowest BCUT2D eigenvalue weighted by Crippen LogP contribution is -2.25. The molecule has 2 rings (SSSR count). The summed E-state index contributed by atoms with van der Waals surface area (Å²) in [5.41, 5.74) is 0. The zero-order valence-corrected chi connectivity index (χ0v) is 17.2. The first-order valence-corrected chi connectivity index (χ1v) is 11.7. The number of rotatable bonds is 11. The Morgan fingerprint density at radius 2 is 1.19 bits per heavy atom. The molecule has 0 spiro atoms. The highest BCUT2D eigenvalue weighted by atomic mass is 19.3. The Bertz CT molecular complexity index is 370. The maximum Gasteiger partial charge on any atom is 0.266 e. The van der Waals surface area contributed by atoms with Gasteiger partial charge < -0.3 is 0 Å². The molecule has 0 aromatic carbocycles. The monoisotopic (exact) mass is 368 g/mol. The summed E-state index contributed by atoms with van der Waals surface area (Å²) >= 11 is 0. The van der Waals surface area contributed by atoms with Crippen molar-refractivity contribution < 1.29 is 8.78 Å². The minimum Gasteiger partial charge on any atom is -0.174 e. The van der Waals surface area contributed by atoms with E-state index in [1.807, 2.05) is 0 Å². The van der Waals surface area contributed by atoms with Gasteiger partial charge in [0, 0.05) is 0 Å². The molecule has 0 radical (unpaired) electrons. The van der Waals surface area contributed by atoms with Crippen molar-refractivity contribution in [2.75, 3.05) is 0 Å². The van der Waals surface area contributed by atoms with Gasteiger partial charge in [0.2, 0.25) is 0 Å². The molecule has 2 fully saturated rings. The highest BCUT2D eigenvalue weighted by Crippen LogP contribution is 2.43. The number of allylic oxidation sites excluding steroid dienone is 1. The second-order valence-corrected chi connectivity index (χ2v) is 9.19. The van der Waals surface area contributed by atoms with E-state index in [1.165, 1.54) is 96.3 Å². The van der Waals surface area contributed by atoms with Gasteiger partial charge in [-0.3, -0.25) is 0 Å². The molecule has 0 saturated heterocycles. The Hall–Kier alpha value is -0.400. The number of halogens is 2. The van der Waals surface area contributed by atoms with Crippen LogP contribution in [0.3, 0.4) is 0 Å². The van der Waals surface area contributed by atoms with E-state index in [0.29, 0.717) is 12.3 Å². The van der Waals surface area contributed by atoms with Gasteiger partial charge in [-0.2, -0.15) is 8.78 Å². The molecule has 0 nitrogen and oxygen atoms in total. The van der Waals surface area contributed by atoms with Crippen LogP contribution < -0.4 is 0 Å². The van der Waals surface area contributed by atoms with Gasteiger partial charge in [-0.15, -0.1) is 0 Å². The van der Waals surface area contributed by atoms with Crippen molar-refractivity contribution in [1.29, 1.82) is 0 Å². The molecule has 2 heteroatoms. The van der Waals surface area contributed by atoms with Crippen LogP contribution in [0.5, 0.6) is 0 Å². The smallest absolute Gasteiger partial charge is 0.174 e. The Morgan fingerprint density at radius 3 is 1.73 bits per heavy atom. The number of hydrogen-bond donors (Lipinski definition) is 0. The molecule has 0 aromatic rings. The van der Waals surface area contributed by atoms with Gasteiger partial charge in [-0.1, -0.05) is 77.6 Å². The highest BCUT2D eigenvalue weighted by Gasteiger charge is 2.30. The zero-order valence-electron chi connectivity index (χ0n) is 17.2. The minimum atomic E-state index is -1.50. The van der Waals surface area contributed by atoms with Gasteiger partial charge in [0.25, 0.3) is 6.08 Å². The average Bonchev–Trinajstić information content (AvgIpc) is 2.65. The van der Waals surface area contributed by atoms with Gasteiger partial charge in [-0.05, 0) is 68.3 Å². The Labute approximate surface area is 161 Å². The fourth-order valence-electron chi connectivity index (χ4n) is 5.54. The highest BCUT2D eigenvalue weighted by molar-refractivity contribution is 4.85. The summed E-state index contributed by atoms with van der Waals surface area (Å²) in [7, 11) is 0. The summed E-state index contributed by atoms with van der Waals surface area (Å²) in [6, 6.07) is 0. The van der Waals surface area contributed by atoms with Crippen molar-refractivity contribution >= 4 is 0 Å².